The van der Waals surface area contributed by atoms with Gasteiger partial charge in [0.25, 0.3) is 0 Å². The van der Waals surface area contributed by atoms with Gasteiger partial charge in [-0.05, 0) is 25.5 Å². The third-order valence-electron chi connectivity index (χ3n) is 2.97. The molecule has 19 heavy (non-hydrogen) atoms. The standard InChI is InChI=1S/C14H11F3O2/c1-3-8-12(16)10(7(2)11(15)13(8)17)14(18)9-5-4-6-19-9/h4-6H,3H2,1-2H3. The molecule has 0 fully saturated rings. The quantitative estimate of drug-likeness (QED) is 0.626. The van der Waals surface area contributed by atoms with Crippen molar-refractivity contribution in [2.24, 2.45) is 0 Å². The Labute approximate surface area is 107 Å². The molecule has 0 amide bonds. The molecule has 0 atom stereocenters. The predicted molar refractivity (Wildman–Crippen MR) is 62.6 cm³/mol. The van der Waals surface area contributed by atoms with E-state index in [0.717, 1.165) is 6.92 Å². The molecular formula is C14H11F3O2. The van der Waals surface area contributed by atoms with Gasteiger partial charge in [-0.15, -0.1) is 0 Å². The predicted octanol–water partition coefficient (Wildman–Crippen LogP) is 3.80. The van der Waals surface area contributed by atoms with Gasteiger partial charge in [-0.1, -0.05) is 6.92 Å². The molecule has 0 N–H and O–H groups in total. The summed E-state index contributed by atoms with van der Waals surface area (Å²) in [7, 11) is 0. The smallest absolute Gasteiger partial charge is 0.231 e. The van der Waals surface area contributed by atoms with Crippen LogP contribution in [0.15, 0.2) is 22.8 Å². The first-order valence-corrected chi connectivity index (χ1v) is 5.73. The van der Waals surface area contributed by atoms with Gasteiger partial charge in [0, 0.05) is 11.1 Å². The molecule has 0 aliphatic carbocycles. The van der Waals surface area contributed by atoms with Gasteiger partial charge in [-0.25, -0.2) is 13.2 Å². The number of furan rings is 1. The van der Waals surface area contributed by atoms with Gasteiger partial charge in [0.2, 0.25) is 5.78 Å². The zero-order valence-corrected chi connectivity index (χ0v) is 10.4. The van der Waals surface area contributed by atoms with Crippen molar-refractivity contribution in [3.63, 3.8) is 0 Å². The van der Waals surface area contributed by atoms with E-state index < -0.39 is 34.4 Å². The molecule has 1 aromatic heterocycles. The third kappa shape index (κ3) is 2.05. The van der Waals surface area contributed by atoms with Crippen LogP contribution in [0.1, 0.15) is 34.2 Å². The van der Waals surface area contributed by atoms with E-state index in [0.29, 0.717) is 0 Å². The van der Waals surface area contributed by atoms with E-state index in [2.05, 4.69) is 0 Å². The third-order valence-corrected chi connectivity index (χ3v) is 2.97. The first-order chi connectivity index (χ1) is 8.99. The second kappa shape index (κ2) is 4.91. The molecule has 0 spiro atoms. The van der Waals surface area contributed by atoms with Crippen LogP contribution in [0.4, 0.5) is 13.2 Å². The van der Waals surface area contributed by atoms with E-state index in [-0.39, 0.29) is 17.7 Å². The molecule has 5 heteroatoms. The zero-order chi connectivity index (χ0) is 14.2. The van der Waals surface area contributed by atoms with Gasteiger partial charge in [0.1, 0.15) is 5.82 Å². The van der Waals surface area contributed by atoms with Crippen LogP contribution in [0, 0.1) is 24.4 Å². The van der Waals surface area contributed by atoms with Crippen LogP contribution < -0.4 is 0 Å². The fourth-order valence-corrected chi connectivity index (χ4v) is 1.93. The maximum atomic E-state index is 14.1. The van der Waals surface area contributed by atoms with Crippen molar-refractivity contribution in [2.75, 3.05) is 0 Å². The first kappa shape index (κ1) is 13.4. The Hall–Kier alpha value is -2.04. The van der Waals surface area contributed by atoms with Crippen LogP contribution in [0.5, 0.6) is 0 Å². The van der Waals surface area contributed by atoms with Crippen LogP contribution in [-0.2, 0) is 6.42 Å². The summed E-state index contributed by atoms with van der Waals surface area (Å²) in [4.78, 5) is 12.1. The Kier molecular flexibility index (Phi) is 3.46. The molecule has 2 rings (SSSR count). The van der Waals surface area contributed by atoms with Crippen LogP contribution >= 0.6 is 0 Å². The Morgan fingerprint density at radius 2 is 1.89 bits per heavy atom. The molecule has 2 nitrogen and oxygen atoms in total. The molecule has 1 heterocycles. The maximum Gasteiger partial charge on any atom is 0.231 e. The summed E-state index contributed by atoms with van der Waals surface area (Å²) in [6.07, 6.45) is 1.20. The number of carbonyl (C=O) groups excluding carboxylic acids is 1. The molecule has 0 radical (unpaired) electrons. The highest BCUT2D eigenvalue weighted by Gasteiger charge is 2.27. The topological polar surface area (TPSA) is 30.2 Å². The molecule has 0 aliphatic rings. The Morgan fingerprint density at radius 3 is 2.42 bits per heavy atom. The van der Waals surface area contributed by atoms with Crippen molar-refractivity contribution in [1.29, 1.82) is 0 Å². The highest BCUT2D eigenvalue weighted by Crippen LogP contribution is 2.27. The lowest BCUT2D eigenvalue weighted by Crippen LogP contribution is -2.13. The minimum Gasteiger partial charge on any atom is -0.461 e. The van der Waals surface area contributed by atoms with Crippen molar-refractivity contribution in [3.8, 4) is 0 Å². The van der Waals surface area contributed by atoms with Crippen LogP contribution in [0.3, 0.4) is 0 Å². The van der Waals surface area contributed by atoms with Gasteiger partial charge in [0.05, 0.1) is 11.8 Å². The van der Waals surface area contributed by atoms with E-state index in [1.165, 1.54) is 25.3 Å². The van der Waals surface area contributed by atoms with Gasteiger partial charge in [0.15, 0.2) is 17.4 Å². The lowest BCUT2D eigenvalue weighted by molar-refractivity contribution is 0.100. The fourth-order valence-electron chi connectivity index (χ4n) is 1.93. The zero-order valence-electron chi connectivity index (χ0n) is 10.4. The normalized spacial score (nSPS) is 10.8. The number of benzene rings is 1. The maximum absolute atomic E-state index is 14.1. The number of hydrogen-bond donors (Lipinski definition) is 0. The summed E-state index contributed by atoms with van der Waals surface area (Å²) in [6.45, 7) is 2.65. The van der Waals surface area contributed by atoms with E-state index >= 15 is 0 Å². The van der Waals surface area contributed by atoms with Crippen LogP contribution in [-0.4, -0.2) is 5.78 Å². The molecule has 1 aromatic carbocycles. The summed E-state index contributed by atoms with van der Waals surface area (Å²) in [5, 5.41) is 0. The van der Waals surface area contributed by atoms with E-state index in [9.17, 15) is 18.0 Å². The monoisotopic (exact) mass is 268 g/mol. The van der Waals surface area contributed by atoms with Crippen molar-refractivity contribution in [2.45, 2.75) is 20.3 Å². The average molecular weight is 268 g/mol. The number of rotatable bonds is 3. The minimum absolute atomic E-state index is 0.0483. The first-order valence-electron chi connectivity index (χ1n) is 5.73. The van der Waals surface area contributed by atoms with Gasteiger partial charge in [-0.2, -0.15) is 0 Å². The van der Waals surface area contributed by atoms with Crippen LogP contribution in [0.2, 0.25) is 0 Å². The van der Waals surface area contributed by atoms with Crippen molar-refractivity contribution < 1.29 is 22.4 Å². The van der Waals surface area contributed by atoms with E-state index in [1.54, 1.807) is 0 Å². The Morgan fingerprint density at radius 1 is 1.21 bits per heavy atom. The average Bonchev–Trinajstić information content (AvgIpc) is 2.91. The second-order valence-electron chi connectivity index (χ2n) is 4.08. The van der Waals surface area contributed by atoms with Crippen molar-refractivity contribution in [3.05, 3.63) is 58.3 Å². The molecule has 2 aromatic rings. The molecular weight excluding hydrogens is 257 g/mol. The number of ketones is 1. The highest BCUT2D eigenvalue weighted by atomic mass is 19.2. The van der Waals surface area contributed by atoms with Gasteiger partial charge >= 0.3 is 0 Å². The van der Waals surface area contributed by atoms with Crippen LogP contribution in [0.25, 0.3) is 0 Å². The summed E-state index contributed by atoms with van der Waals surface area (Å²) in [6, 6.07) is 2.80. The van der Waals surface area contributed by atoms with Crippen molar-refractivity contribution in [1.82, 2.24) is 0 Å². The molecule has 0 saturated carbocycles. The molecule has 0 saturated heterocycles. The number of halogens is 3. The molecule has 0 unspecified atom stereocenters. The number of carbonyl (C=O) groups is 1. The molecule has 0 aliphatic heterocycles. The lowest BCUT2D eigenvalue weighted by atomic mass is 9.97. The Bertz CT molecular complexity index is 631. The SMILES string of the molecule is CCc1c(F)c(F)c(C)c(C(=O)c2ccco2)c1F. The molecule has 0 bridgehead atoms. The highest BCUT2D eigenvalue weighted by molar-refractivity contribution is 6.08. The summed E-state index contributed by atoms with van der Waals surface area (Å²) in [5.74, 6) is -4.38. The molecule has 100 valence electrons. The summed E-state index contributed by atoms with van der Waals surface area (Å²) >= 11 is 0. The van der Waals surface area contributed by atoms with Crippen molar-refractivity contribution >= 4 is 5.78 Å². The minimum atomic E-state index is -1.24. The summed E-state index contributed by atoms with van der Waals surface area (Å²) in [5.41, 5.74) is -1.27. The van der Waals surface area contributed by atoms with Gasteiger partial charge in [-0.3, -0.25) is 4.79 Å². The summed E-state index contributed by atoms with van der Waals surface area (Å²) < 4.78 is 46.3. The number of hydrogen-bond acceptors (Lipinski definition) is 2. The Balaban J connectivity index is 2.70. The second-order valence-corrected chi connectivity index (χ2v) is 4.08. The lowest BCUT2D eigenvalue weighted by Gasteiger charge is -2.11. The van der Waals surface area contributed by atoms with E-state index in [1.807, 2.05) is 0 Å². The fraction of sp³-hybridized carbons (Fsp3) is 0.214. The van der Waals surface area contributed by atoms with E-state index in [4.69, 9.17) is 4.42 Å². The largest absolute Gasteiger partial charge is 0.461 e. The van der Waals surface area contributed by atoms with Gasteiger partial charge < -0.3 is 4.42 Å².